The molecule has 2 aromatic carbocycles. The summed E-state index contributed by atoms with van der Waals surface area (Å²) in [4.78, 5) is 35.1. The van der Waals surface area contributed by atoms with Crippen molar-refractivity contribution in [2.24, 2.45) is 5.73 Å². The molecule has 0 radical (unpaired) electrons. The molecule has 1 fully saturated rings. The number of benzene rings is 2. The fourth-order valence-corrected chi connectivity index (χ4v) is 5.85. The molecule has 1 amide bonds. The highest BCUT2D eigenvalue weighted by molar-refractivity contribution is 7.90. The van der Waals surface area contributed by atoms with Crippen LogP contribution in [-0.4, -0.2) is 51.9 Å². The molecule has 35 heavy (non-hydrogen) atoms. The minimum absolute atomic E-state index is 0.0855. The van der Waals surface area contributed by atoms with Gasteiger partial charge in [0.2, 0.25) is 5.91 Å². The molecule has 5 rings (SSSR count). The number of nitrogens with two attached hydrogens (primary N) is 1. The van der Waals surface area contributed by atoms with Crippen LogP contribution in [0.4, 0.5) is 5.82 Å². The van der Waals surface area contributed by atoms with Crippen LogP contribution in [0.1, 0.15) is 23.3 Å². The maximum atomic E-state index is 13.6. The van der Waals surface area contributed by atoms with Crippen LogP contribution < -0.4 is 10.6 Å². The predicted molar refractivity (Wildman–Crippen MR) is 129 cm³/mol. The third-order valence-corrected chi connectivity index (χ3v) is 7.70. The van der Waals surface area contributed by atoms with Crippen LogP contribution in [0.2, 0.25) is 0 Å². The number of hydrogen-bond acceptors (Lipinski definition) is 7. The van der Waals surface area contributed by atoms with Gasteiger partial charge >= 0.3 is 5.97 Å². The van der Waals surface area contributed by atoms with E-state index in [1.165, 1.54) is 18.2 Å². The van der Waals surface area contributed by atoms with Crippen molar-refractivity contribution in [3.8, 4) is 11.4 Å². The Hall–Kier alpha value is -4.25. The van der Waals surface area contributed by atoms with E-state index in [-0.39, 0.29) is 27.6 Å². The molecule has 11 heteroatoms. The number of hydrogen-bond donors (Lipinski definition) is 2. The monoisotopic (exact) mass is 491 g/mol. The molecule has 2 aromatic heterocycles. The number of anilines is 1. The zero-order valence-corrected chi connectivity index (χ0v) is 19.2. The van der Waals surface area contributed by atoms with Crippen LogP contribution >= 0.6 is 0 Å². The van der Waals surface area contributed by atoms with E-state index < -0.39 is 33.6 Å². The van der Waals surface area contributed by atoms with Gasteiger partial charge in [0.05, 0.1) is 10.3 Å². The Morgan fingerprint density at radius 3 is 2.29 bits per heavy atom. The summed E-state index contributed by atoms with van der Waals surface area (Å²) in [6.45, 7) is 0.451. The lowest BCUT2D eigenvalue weighted by Gasteiger charge is -2.24. The quantitative estimate of drug-likeness (QED) is 0.418. The molecular formula is C24H21N5O5S. The number of fused-ring (bicyclic) bond motifs is 1. The predicted octanol–water partition coefficient (Wildman–Crippen LogP) is 2.49. The third-order valence-electron chi connectivity index (χ3n) is 5.98. The van der Waals surface area contributed by atoms with E-state index in [4.69, 9.17) is 5.73 Å². The fraction of sp³-hybridized carbons (Fsp3) is 0.167. The number of carbonyl (C=O) groups is 2. The largest absolute Gasteiger partial charge is 0.477 e. The van der Waals surface area contributed by atoms with Gasteiger partial charge < -0.3 is 15.7 Å². The molecule has 4 aromatic rings. The van der Waals surface area contributed by atoms with Crippen LogP contribution in [0.3, 0.4) is 0 Å². The lowest BCUT2D eigenvalue weighted by atomic mass is 10.2. The van der Waals surface area contributed by atoms with E-state index in [0.29, 0.717) is 24.9 Å². The smallest absolute Gasteiger partial charge is 0.353 e. The molecule has 0 saturated carbocycles. The average molecular weight is 492 g/mol. The number of carboxylic acid groups (broad SMARTS) is 1. The topological polar surface area (TPSA) is 148 Å². The molecule has 1 atom stereocenters. The van der Waals surface area contributed by atoms with E-state index in [2.05, 4.69) is 9.97 Å². The molecule has 3 heterocycles. The van der Waals surface area contributed by atoms with Crippen molar-refractivity contribution in [3.05, 3.63) is 72.4 Å². The molecule has 10 nitrogen and oxygen atoms in total. The number of amides is 1. The minimum atomic E-state index is -4.33. The van der Waals surface area contributed by atoms with E-state index in [1.807, 2.05) is 6.07 Å². The van der Waals surface area contributed by atoms with Crippen LogP contribution in [-0.2, 0) is 14.8 Å². The molecule has 1 unspecified atom stereocenters. The van der Waals surface area contributed by atoms with Crippen LogP contribution in [0, 0.1) is 0 Å². The van der Waals surface area contributed by atoms with Crippen molar-refractivity contribution in [1.82, 2.24) is 13.9 Å². The summed E-state index contributed by atoms with van der Waals surface area (Å²) in [5.74, 6) is -1.52. The van der Waals surface area contributed by atoms with Gasteiger partial charge in [-0.2, -0.15) is 0 Å². The Labute approximate surface area is 200 Å². The first-order valence-corrected chi connectivity index (χ1v) is 12.3. The highest BCUT2D eigenvalue weighted by atomic mass is 32.2. The first kappa shape index (κ1) is 22.5. The van der Waals surface area contributed by atoms with Crippen molar-refractivity contribution in [2.75, 3.05) is 11.4 Å². The molecule has 0 aliphatic carbocycles. The van der Waals surface area contributed by atoms with Gasteiger partial charge in [-0.05, 0) is 31.0 Å². The Balaban J connectivity index is 1.87. The molecule has 1 aliphatic rings. The molecule has 0 bridgehead atoms. The summed E-state index contributed by atoms with van der Waals surface area (Å²) in [6.07, 6.45) is 1.19. The Morgan fingerprint density at radius 2 is 1.66 bits per heavy atom. The molecule has 1 saturated heterocycles. The molecule has 1 aliphatic heterocycles. The summed E-state index contributed by atoms with van der Waals surface area (Å²) in [5, 5.41) is 10.1. The number of aromatic nitrogens is 3. The standard InChI is InChI=1S/C24H21N5O5S/c25-20(30)18-12-7-13-28(18)22-17-14-19(24(31)32)29(35(33,34)16-10-5-2-6-11-16)23(17)27-21(26-22)15-8-3-1-4-9-15/h1-6,8-11,14,18H,7,12-13H2,(H2,25,30)(H,31,32). The number of carboxylic acids is 1. The number of carbonyl (C=O) groups excluding carboxylic acids is 1. The van der Waals surface area contributed by atoms with Crippen molar-refractivity contribution in [1.29, 1.82) is 0 Å². The summed E-state index contributed by atoms with van der Waals surface area (Å²) in [5.41, 5.74) is 5.65. The first-order chi connectivity index (χ1) is 16.8. The number of nitrogens with zero attached hydrogens (tertiary/aromatic N) is 4. The second-order valence-electron chi connectivity index (χ2n) is 8.15. The normalized spacial score (nSPS) is 16.0. The maximum absolute atomic E-state index is 13.6. The Bertz CT molecular complexity index is 1550. The van der Waals surface area contributed by atoms with Gasteiger partial charge in [-0.25, -0.2) is 27.2 Å². The summed E-state index contributed by atoms with van der Waals surface area (Å²) in [7, 11) is -4.33. The van der Waals surface area contributed by atoms with Crippen molar-refractivity contribution in [3.63, 3.8) is 0 Å². The van der Waals surface area contributed by atoms with Crippen molar-refractivity contribution in [2.45, 2.75) is 23.8 Å². The molecule has 3 N–H and O–H groups in total. The lowest BCUT2D eigenvalue weighted by Crippen LogP contribution is -2.40. The van der Waals surface area contributed by atoms with E-state index >= 15 is 0 Å². The highest BCUT2D eigenvalue weighted by Crippen LogP contribution is 2.35. The van der Waals surface area contributed by atoms with Crippen LogP contribution in [0.5, 0.6) is 0 Å². The third kappa shape index (κ3) is 3.79. The minimum Gasteiger partial charge on any atom is -0.477 e. The zero-order valence-electron chi connectivity index (χ0n) is 18.4. The lowest BCUT2D eigenvalue weighted by molar-refractivity contribution is -0.119. The average Bonchev–Trinajstić information content (AvgIpc) is 3.50. The first-order valence-electron chi connectivity index (χ1n) is 10.9. The van der Waals surface area contributed by atoms with Gasteiger partial charge in [-0.3, -0.25) is 4.79 Å². The summed E-state index contributed by atoms with van der Waals surface area (Å²) < 4.78 is 28.0. The fourth-order valence-electron chi connectivity index (χ4n) is 4.38. The number of rotatable bonds is 6. The van der Waals surface area contributed by atoms with E-state index in [9.17, 15) is 23.1 Å². The van der Waals surface area contributed by atoms with E-state index in [0.717, 1.165) is 3.97 Å². The zero-order chi connectivity index (χ0) is 24.7. The number of primary amides is 1. The maximum Gasteiger partial charge on any atom is 0.353 e. The second kappa shape index (κ2) is 8.51. The molecular weight excluding hydrogens is 470 g/mol. The summed E-state index contributed by atoms with van der Waals surface area (Å²) in [6, 6.07) is 17.0. The highest BCUT2D eigenvalue weighted by Gasteiger charge is 2.35. The summed E-state index contributed by atoms with van der Waals surface area (Å²) >= 11 is 0. The van der Waals surface area contributed by atoms with Gasteiger partial charge in [0.25, 0.3) is 10.0 Å². The van der Waals surface area contributed by atoms with Gasteiger partial charge in [-0.15, -0.1) is 0 Å². The van der Waals surface area contributed by atoms with Crippen LogP contribution in [0.25, 0.3) is 22.4 Å². The Morgan fingerprint density at radius 1 is 1.00 bits per heavy atom. The van der Waals surface area contributed by atoms with Gasteiger partial charge in [0, 0.05) is 12.1 Å². The van der Waals surface area contributed by atoms with Crippen LogP contribution in [0.15, 0.2) is 71.6 Å². The van der Waals surface area contributed by atoms with Gasteiger partial charge in [0.1, 0.15) is 17.6 Å². The van der Waals surface area contributed by atoms with Gasteiger partial charge in [-0.1, -0.05) is 48.5 Å². The van der Waals surface area contributed by atoms with Gasteiger partial charge in [0.15, 0.2) is 11.5 Å². The molecule has 0 spiro atoms. The van der Waals surface area contributed by atoms with Crippen molar-refractivity contribution >= 4 is 38.8 Å². The Kier molecular flexibility index (Phi) is 5.48. The second-order valence-corrected chi connectivity index (χ2v) is 9.93. The van der Waals surface area contributed by atoms with Crippen molar-refractivity contribution < 1.29 is 23.1 Å². The molecule has 178 valence electrons. The SMILES string of the molecule is NC(=O)C1CCCN1c1nc(-c2ccccc2)nc2c1cc(C(=O)O)n2S(=O)(=O)c1ccccc1. The van der Waals surface area contributed by atoms with E-state index in [1.54, 1.807) is 47.4 Å². The number of aromatic carboxylic acids is 1.